The zero-order valence-electron chi connectivity index (χ0n) is 17.9. The van der Waals surface area contributed by atoms with E-state index in [0.29, 0.717) is 36.8 Å². The van der Waals surface area contributed by atoms with Gasteiger partial charge in [0.1, 0.15) is 11.8 Å². The van der Waals surface area contributed by atoms with Gasteiger partial charge in [0.15, 0.2) is 0 Å². The van der Waals surface area contributed by atoms with Crippen LogP contribution < -0.4 is 10.1 Å². The van der Waals surface area contributed by atoms with Crippen molar-refractivity contribution in [2.24, 2.45) is 0 Å². The van der Waals surface area contributed by atoms with Gasteiger partial charge in [-0.15, -0.1) is 0 Å². The highest BCUT2D eigenvalue weighted by Gasteiger charge is 2.26. The second-order valence-electron chi connectivity index (χ2n) is 7.41. The summed E-state index contributed by atoms with van der Waals surface area (Å²) in [6.07, 6.45) is 1.71. The summed E-state index contributed by atoms with van der Waals surface area (Å²) in [5.41, 5.74) is 0.992. The summed E-state index contributed by atoms with van der Waals surface area (Å²) in [5.74, 6) is 0.519. The van der Waals surface area contributed by atoms with Gasteiger partial charge >= 0.3 is 0 Å². The summed E-state index contributed by atoms with van der Waals surface area (Å²) in [4.78, 5) is 27.3. The van der Waals surface area contributed by atoms with Crippen molar-refractivity contribution in [2.45, 2.75) is 58.7 Å². The van der Waals surface area contributed by atoms with Crippen LogP contribution in [0.15, 0.2) is 54.6 Å². The van der Waals surface area contributed by atoms with Crippen LogP contribution in [0.2, 0.25) is 5.02 Å². The van der Waals surface area contributed by atoms with Crippen molar-refractivity contribution in [3.05, 3.63) is 65.2 Å². The molecule has 30 heavy (non-hydrogen) atoms. The minimum atomic E-state index is -0.552. The molecule has 0 unspecified atom stereocenters. The Morgan fingerprint density at radius 1 is 1.07 bits per heavy atom. The molecule has 0 heterocycles. The maximum Gasteiger partial charge on any atom is 0.242 e. The summed E-state index contributed by atoms with van der Waals surface area (Å²) in [7, 11) is 0. The largest absolute Gasteiger partial charge is 0.494 e. The van der Waals surface area contributed by atoms with Crippen molar-refractivity contribution in [3.8, 4) is 5.75 Å². The first-order valence-corrected chi connectivity index (χ1v) is 10.8. The van der Waals surface area contributed by atoms with Crippen LogP contribution >= 0.6 is 11.6 Å². The van der Waals surface area contributed by atoms with E-state index in [1.54, 1.807) is 36.1 Å². The fraction of sp³-hybridized carbons (Fsp3) is 0.417. The molecule has 0 aromatic heterocycles. The van der Waals surface area contributed by atoms with E-state index >= 15 is 0 Å². The van der Waals surface area contributed by atoms with Gasteiger partial charge in [0.25, 0.3) is 0 Å². The SMILES string of the molecule is CC[C@H](C)NC(=O)[C@H](C)N(Cc1ccccc1)C(=O)CCCOc1ccc(Cl)cc1. The molecule has 5 nitrogen and oxygen atoms in total. The van der Waals surface area contributed by atoms with Crippen LogP contribution in [-0.4, -0.2) is 35.4 Å². The quantitative estimate of drug-likeness (QED) is 0.519. The number of carbonyl (C=O) groups excluding carboxylic acids is 2. The van der Waals surface area contributed by atoms with E-state index in [2.05, 4.69) is 5.32 Å². The molecule has 0 bridgehead atoms. The first-order valence-electron chi connectivity index (χ1n) is 10.4. The normalized spacial score (nSPS) is 12.7. The Morgan fingerprint density at radius 3 is 2.37 bits per heavy atom. The number of benzene rings is 2. The Labute approximate surface area is 184 Å². The second-order valence-corrected chi connectivity index (χ2v) is 7.84. The van der Waals surface area contributed by atoms with E-state index in [0.717, 1.165) is 12.0 Å². The average Bonchev–Trinajstić information content (AvgIpc) is 2.76. The summed E-state index contributed by atoms with van der Waals surface area (Å²) >= 11 is 5.87. The Balaban J connectivity index is 1.96. The van der Waals surface area contributed by atoms with E-state index in [1.807, 2.05) is 44.2 Å². The first-order chi connectivity index (χ1) is 14.4. The Bertz CT molecular complexity index is 796. The summed E-state index contributed by atoms with van der Waals surface area (Å²) in [6, 6.07) is 16.4. The smallest absolute Gasteiger partial charge is 0.242 e. The van der Waals surface area contributed by atoms with Gasteiger partial charge in [-0.2, -0.15) is 0 Å². The van der Waals surface area contributed by atoms with Crippen LogP contribution in [-0.2, 0) is 16.1 Å². The van der Waals surface area contributed by atoms with Crippen LogP contribution in [0.5, 0.6) is 5.75 Å². The molecule has 2 aromatic rings. The van der Waals surface area contributed by atoms with Gasteiger partial charge in [-0.1, -0.05) is 48.9 Å². The molecule has 2 amide bonds. The highest BCUT2D eigenvalue weighted by atomic mass is 35.5. The number of hydrogen-bond acceptors (Lipinski definition) is 3. The molecule has 2 rings (SSSR count). The van der Waals surface area contributed by atoms with Gasteiger partial charge in [-0.05, 0) is 56.5 Å². The molecule has 0 saturated heterocycles. The highest BCUT2D eigenvalue weighted by Crippen LogP contribution is 2.16. The van der Waals surface area contributed by atoms with Gasteiger partial charge < -0.3 is 15.0 Å². The number of nitrogens with zero attached hydrogens (tertiary/aromatic N) is 1. The van der Waals surface area contributed by atoms with E-state index in [4.69, 9.17) is 16.3 Å². The van der Waals surface area contributed by atoms with E-state index in [9.17, 15) is 9.59 Å². The molecule has 2 aromatic carbocycles. The van der Waals surface area contributed by atoms with E-state index in [-0.39, 0.29) is 17.9 Å². The minimum absolute atomic E-state index is 0.0645. The standard InChI is InChI=1S/C24H31ClN2O3/c1-4-18(2)26-24(29)19(3)27(17-20-9-6-5-7-10-20)23(28)11-8-16-30-22-14-12-21(25)13-15-22/h5-7,9-10,12-15,18-19H,4,8,11,16-17H2,1-3H3,(H,26,29)/t18-,19-/m0/s1. The van der Waals surface area contributed by atoms with Crippen LogP contribution in [0.4, 0.5) is 0 Å². The Kier molecular flexibility index (Phi) is 9.68. The third kappa shape index (κ3) is 7.71. The number of halogens is 1. The molecule has 2 atom stereocenters. The zero-order valence-corrected chi connectivity index (χ0v) is 18.7. The van der Waals surface area contributed by atoms with Crippen LogP contribution in [0.25, 0.3) is 0 Å². The van der Waals surface area contributed by atoms with Crippen molar-refractivity contribution >= 4 is 23.4 Å². The maximum absolute atomic E-state index is 13.0. The number of hydrogen-bond donors (Lipinski definition) is 1. The van der Waals surface area contributed by atoms with E-state index in [1.165, 1.54) is 0 Å². The molecule has 1 N–H and O–H groups in total. The predicted molar refractivity (Wildman–Crippen MR) is 121 cm³/mol. The van der Waals surface area contributed by atoms with Crippen LogP contribution in [0.3, 0.4) is 0 Å². The molecular weight excluding hydrogens is 400 g/mol. The molecule has 0 spiro atoms. The average molecular weight is 431 g/mol. The summed E-state index contributed by atoms with van der Waals surface area (Å²) < 4.78 is 5.68. The third-order valence-electron chi connectivity index (χ3n) is 4.98. The number of carbonyl (C=O) groups is 2. The van der Waals surface area contributed by atoms with Crippen molar-refractivity contribution in [2.75, 3.05) is 6.61 Å². The topological polar surface area (TPSA) is 58.6 Å². The van der Waals surface area contributed by atoms with E-state index < -0.39 is 6.04 Å². The van der Waals surface area contributed by atoms with Gasteiger partial charge in [0.05, 0.1) is 6.61 Å². The lowest BCUT2D eigenvalue weighted by atomic mass is 10.1. The lowest BCUT2D eigenvalue weighted by Gasteiger charge is -2.29. The fourth-order valence-electron chi connectivity index (χ4n) is 2.92. The maximum atomic E-state index is 13.0. The zero-order chi connectivity index (χ0) is 21.9. The molecule has 162 valence electrons. The first kappa shape index (κ1) is 23.7. The lowest BCUT2D eigenvalue weighted by Crippen LogP contribution is -2.49. The number of nitrogens with one attached hydrogen (secondary N) is 1. The number of rotatable bonds is 11. The molecule has 6 heteroatoms. The Morgan fingerprint density at radius 2 is 1.73 bits per heavy atom. The predicted octanol–water partition coefficient (Wildman–Crippen LogP) is 4.83. The molecule has 0 aliphatic carbocycles. The van der Waals surface area contributed by atoms with Crippen LogP contribution in [0.1, 0.15) is 45.6 Å². The third-order valence-corrected chi connectivity index (χ3v) is 5.23. The van der Waals surface area contributed by atoms with Crippen molar-refractivity contribution < 1.29 is 14.3 Å². The molecular formula is C24H31ClN2O3. The number of amides is 2. The molecule has 0 radical (unpaired) electrons. The van der Waals surface area contributed by atoms with Gasteiger partial charge in [0.2, 0.25) is 11.8 Å². The monoisotopic (exact) mass is 430 g/mol. The van der Waals surface area contributed by atoms with Crippen molar-refractivity contribution in [3.63, 3.8) is 0 Å². The highest BCUT2D eigenvalue weighted by molar-refractivity contribution is 6.30. The molecule has 0 fully saturated rings. The Hall–Kier alpha value is -2.53. The van der Waals surface area contributed by atoms with Gasteiger partial charge in [-0.25, -0.2) is 0 Å². The van der Waals surface area contributed by atoms with Crippen molar-refractivity contribution in [1.82, 2.24) is 10.2 Å². The molecule has 0 aliphatic heterocycles. The lowest BCUT2D eigenvalue weighted by molar-refractivity contribution is -0.141. The van der Waals surface area contributed by atoms with Gasteiger partial charge in [0, 0.05) is 24.0 Å². The van der Waals surface area contributed by atoms with Gasteiger partial charge in [-0.3, -0.25) is 9.59 Å². The second kappa shape index (κ2) is 12.2. The van der Waals surface area contributed by atoms with Crippen molar-refractivity contribution in [1.29, 1.82) is 0 Å². The molecule has 0 saturated carbocycles. The summed E-state index contributed by atoms with van der Waals surface area (Å²) in [6.45, 7) is 6.57. The number of ether oxygens (including phenoxy) is 1. The minimum Gasteiger partial charge on any atom is -0.494 e. The van der Waals surface area contributed by atoms with Crippen LogP contribution in [0, 0.1) is 0 Å². The molecule has 0 aliphatic rings. The fourth-order valence-corrected chi connectivity index (χ4v) is 3.04. The summed E-state index contributed by atoms with van der Waals surface area (Å²) in [5, 5.41) is 3.63.